The van der Waals surface area contributed by atoms with Gasteiger partial charge in [-0.15, -0.1) is 0 Å². The van der Waals surface area contributed by atoms with Crippen LogP contribution < -0.4 is 11.1 Å². The summed E-state index contributed by atoms with van der Waals surface area (Å²) >= 11 is 0. The number of rotatable bonds is 4. The highest BCUT2D eigenvalue weighted by molar-refractivity contribution is 5.26. The SMILES string of the molecule is NC1(C2(NCc3ccc(C(F)(F)F)cn3)CC2)CC1. The second-order valence-electron chi connectivity index (χ2n) is 5.63. The molecule has 3 rings (SSSR count). The summed E-state index contributed by atoms with van der Waals surface area (Å²) in [6.45, 7) is 0.469. The maximum Gasteiger partial charge on any atom is 0.417 e. The molecule has 2 saturated carbocycles. The Hall–Kier alpha value is -1.14. The number of aromatic nitrogens is 1. The fraction of sp³-hybridized carbons (Fsp3) is 0.615. The Kier molecular flexibility index (Phi) is 2.66. The molecular weight excluding hydrogens is 255 g/mol. The zero-order chi connectivity index (χ0) is 13.7. The topological polar surface area (TPSA) is 50.9 Å². The molecule has 2 aliphatic carbocycles. The first-order chi connectivity index (χ1) is 8.85. The second-order valence-corrected chi connectivity index (χ2v) is 5.63. The van der Waals surface area contributed by atoms with Crippen molar-refractivity contribution in [1.29, 1.82) is 0 Å². The number of halogens is 3. The molecule has 0 unspecified atom stereocenters. The molecule has 0 spiro atoms. The van der Waals surface area contributed by atoms with E-state index in [1.165, 1.54) is 6.07 Å². The van der Waals surface area contributed by atoms with E-state index in [2.05, 4.69) is 10.3 Å². The van der Waals surface area contributed by atoms with Gasteiger partial charge in [0.25, 0.3) is 0 Å². The summed E-state index contributed by atoms with van der Waals surface area (Å²) in [5, 5.41) is 3.38. The van der Waals surface area contributed by atoms with Crippen LogP contribution in [0.1, 0.15) is 36.9 Å². The van der Waals surface area contributed by atoms with Gasteiger partial charge in [0.1, 0.15) is 0 Å². The van der Waals surface area contributed by atoms with Crippen molar-refractivity contribution in [3.63, 3.8) is 0 Å². The average molecular weight is 271 g/mol. The average Bonchev–Trinajstić information content (AvgIpc) is 3.23. The molecule has 1 aromatic heterocycles. The Morgan fingerprint density at radius 2 is 1.89 bits per heavy atom. The van der Waals surface area contributed by atoms with Crippen LogP contribution in [0.5, 0.6) is 0 Å². The molecule has 0 aromatic carbocycles. The molecule has 1 heterocycles. The van der Waals surface area contributed by atoms with E-state index >= 15 is 0 Å². The molecule has 0 amide bonds. The summed E-state index contributed by atoms with van der Waals surface area (Å²) in [4.78, 5) is 3.86. The first-order valence-electron chi connectivity index (χ1n) is 6.41. The van der Waals surface area contributed by atoms with Gasteiger partial charge in [-0.2, -0.15) is 13.2 Å². The predicted molar refractivity (Wildman–Crippen MR) is 64.2 cm³/mol. The van der Waals surface area contributed by atoms with Gasteiger partial charge in [0, 0.05) is 23.8 Å². The van der Waals surface area contributed by atoms with Crippen LogP contribution in [0.2, 0.25) is 0 Å². The van der Waals surface area contributed by atoms with Crippen molar-refractivity contribution in [2.75, 3.05) is 0 Å². The van der Waals surface area contributed by atoms with Crippen LogP contribution in [0.25, 0.3) is 0 Å². The maximum absolute atomic E-state index is 12.4. The smallest absolute Gasteiger partial charge is 0.324 e. The summed E-state index contributed by atoms with van der Waals surface area (Å²) < 4.78 is 37.2. The Labute approximate surface area is 109 Å². The van der Waals surface area contributed by atoms with Gasteiger partial charge in [-0.3, -0.25) is 4.98 Å². The maximum atomic E-state index is 12.4. The largest absolute Gasteiger partial charge is 0.417 e. The van der Waals surface area contributed by atoms with E-state index in [0.29, 0.717) is 12.2 Å². The lowest BCUT2D eigenvalue weighted by Crippen LogP contribution is -2.49. The minimum atomic E-state index is -4.33. The van der Waals surface area contributed by atoms with E-state index < -0.39 is 11.7 Å². The standard InChI is InChI=1S/C13H16F3N3/c14-13(15,16)9-1-2-10(18-7-9)8-19-12(5-6-12)11(17)3-4-11/h1-2,7,19H,3-6,8,17H2. The number of alkyl halides is 3. The molecule has 0 radical (unpaired) electrons. The molecular formula is C13H16F3N3. The van der Waals surface area contributed by atoms with Gasteiger partial charge in [0.2, 0.25) is 0 Å². The lowest BCUT2D eigenvalue weighted by Gasteiger charge is -2.24. The van der Waals surface area contributed by atoms with Gasteiger partial charge >= 0.3 is 6.18 Å². The lowest BCUT2D eigenvalue weighted by atomic mass is 10.0. The van der Waals surface area contributed by atoms with Crippen molar-refractivity contribution in [3.8, 4) is 0 Å². The van der Waals surface area contributed by atoms with Gasteiger partial charge in [0.15, 0.2) is 0 Å². The minimum Gasteiger partial charge on any atom is -0.324 e. The first-order valence-corrected chi connectivity index (χ1v) is 6.41. The number of nitrogens with two attached hydrogens (primary N) is 1. The van der Waals surface area contributed by atoms with Gasteiger partial charge in [-0.05, 0) is 37.8 Å². The van der Waals surface area contributed by atoms with E-state index in [1.54, 1.807) is 0 Å². The molecule has 2 fully saturated rings. The van der Waals surface area contributed by atoms with Crippen LogP contribution in [0.3, 0.4) is 0 Å². The van der Waals surface area contributed by atoms with E-state index in [9.17, 15) is 13.2 Å². The Morgan fingerprint density at radius 1 is 1.21 bits per heavy atom. The van der Waals surface area contributed by atoms with Crippen molar-refractivity contribution in [2.45, 2.75) is 49.5 Å². The molecule has 0 bridgehead atoms. The number of nitrogens with zero attached hydrogens (tertiary/aromatic N) is 1. The van der Waals surface area contributed by atoms with Crippen LogP contribution in [0.4, 0.5) is 13.2 Å². The summed E-state index contributed by atoms with van der Waals surface area (Å²) in [5.74, 6) is 0. The second kappa shape index (κ2) is 3.93. The highest BCUT2D eigenvalue weighted by atomic mass is 19.4. The van der Waals surface area contributed by atoms with Gasteiger partial charge < -0.3 is 11.1 Å². The summed E-state index contributed by atoms with van der Waals surface area (Å²) in [7, 11) is 0. The highest BCUT2D eigenvalue weighted by Crippen LogP contribution is 2.55. The van der Waals surface area contributed by atoms with E-state index in [-0.39, 0.29) is 11.1 Å². The Balaban J connectivity index is 1.62. The van der Waals surface area contributed by atoms with Crippen molar-refractivity contribution in [1.82, 2.24) is 10.3 Å². The quantitative estimate of drug-likeness (QED) is 0.882. The van der Waals surface area contributed by atoms with Crippen molar-refractivity contribution in [3.05, 3.63) is 29.6 Å². The highest BCUT2D eigenvalue weighted by Gasteiger charge is 2.63. The van der Waals surface area contributed by atoms with Crippen LogP contribution in [-0.4, -0.2) is 16.1 Å². The molecule has 19 heavy (non-hydrogen) atoms. The minimum absolute atomic E-state index is 0.00260. The van der Waals surface area contributed by atoms with Crippen LogP contribution in [0, 0.1) is 0 Å². The van der Waals surface area contributed by atoms with E-state index in [0.717, 1.165) is 37.9 Å². The van der Waals surface area contributed by atoms with Crippen molar-refractivity contribution in [2.24, 2.45) is 5.73 Å². The zero-order valence-corrected chi connectivity index (χ0v) is 10.4. The number of hydrogen-bond acceptors (Lipinski definition) is 3. The normalized spacial score (nSPS) is 23.2. The summed E-state index contributed by atoms with van der Waals surface area (Å²) in [5.41, 5.74) is 6.00. The molecule has 6 heteroatoms. The third kappa shape index (κ3) is 2.34. The van der Waals surface area contributed by atoms with Gasteiger partial charge in [0.05, 0.1) is 11.3 Å². The lowest BCUT2D eigenvalue weighted by molar-refractivity contribution is -0.137. The number of nitrogens with one attached hydrogen (secondary N) is 1. The van der Waals surface area contributed by atoms with E-state index in [1.807, 2.05) is 0 Å². The summed E-state index contributed by atoms with van der Waals surface area (Å²) in [6.07, 6.45) is 0.701. The fourth-order valence-corrected chi connectivity index (χ4v) is 2.55. The third-order valence-corrected chi connectivity index (χ3v) is 4.25. The van der Waals surface area contributed by atoms with Crippen molar-refractivity contribution >= 4 is 0 Å². The third-order valence-electron chi connectivity index (χ3n) is 4.25. The molecule has 0 saturated heterocycles. The molecule has 104 valence electrons. The van der Waals surface area contributed by atoms with Crippen LogP contribution >= 0.6 is 0 Å². The predicted octanol–water partition coefficient (Wildman–Crippen LogP) is 2.21. The molecule has 0 atom stereocenters. The fourth-order valence-electron chi connectivity index (χ4n) is 2.55. The molecule has 0 aliphatic heterocycles. The molecule has 2 aliphatic rings. The van der Waals surface area contributed by atoms with Crippen molar-refractivity contribution < 1.29 is 13.2 Å². The van der Waals surface area contributed by atoms with Crippen LogP contribution in [-0.2, 0) is 12.7 Å². The number of pyridine rings is 1. The molecule has 1 aromatic rings. The summed E-state index contributed by atoms with van der Waals surface area (Å²) in [6, 6.07) is 2.49. The Morgan fingerprint density at radius 3 is 2.32 bits per heavy atom. The van der Waals surface area contributed by atoms with E-state index in [4.69, 9.17) is 5.73 Å². The first kappa shape index (κ1) is 12.9. The molecule has 3 nitrogen and oxygen atoms in total. The van der Waals surface area contributed by atoms with Gasteiger partial charge in [-0.1, -0.05) is 0 Å². The number of hydrogen-bond donors (Lipinski definition) is 2. The van der Waals surface area contributed by atoms with Crippen LogP contribution in [0.15, 0.2) is 18.3 Å². The Bertz CT molecular complexity index is 473. The monoisotopic (exact) mass is 271 g/mol. The zero-order valence-electron chi connectivity index (χ0n) is 10.4. The molecule has 3 N–H and O–H groups in total. The van der Waals surface area contributed by atoms with Gasteiger partial charge in [-0.25, -0.2) is 0 Å².